The van der Waals surface area contributed by atoms with Gasteiger partial charge in [-0.25, -0.2) is 0 Å². The van der Waals surface area contributed by atoms with Crippen LogP contribution in [-0.4, -0.2) is 42.2 Å². The number of hydrogen-bond donors (Lipinski definition) is 2. The van der Waals surface area contributed by atoms with Gasteiger partial charge >= 0.3 is 6.61 Å². The van der Waals surface area contributed by atoms with Crippen LogP contribution < -0.4 is 10.1 Å². The van der Waals surface area contributed by atoms with Crippen LogP contribution in [0, 0.1) is 0 Å². The normalized spacial score (nSPS) is 11.2. The van der Waals surface area contributed by atoms with Crippen molar-refractivity contribution in [3.8, 4) is 5.75 Å². The number of hydrogen-bond acceptors (Lipinski definition) is 4. The number of ether oxygens (including phenoxy) is 1. The second-order valence-corrected chi connectivity index (χ2v) is 7.22. The number of halogens is 2. The van der Waals surface area contributed by atoms with Crippen LogP contribution in [0.2, 0.25) is 0 Å². The Kier molecular flexibility index (Phi) is 8.71. The lowest BCUT2D eigenvalue weighted by Crippen LogP contribution is -2.37. The van der Waals surface area contributed by atoms with Gasteiger partial charge in [-0.15, -0.1) is 0 Å². The molecule has 32 heavy (non-hydrogen) atoms. The van der Waals surface area contributed by atoms with Crippen molar-refractivity contribution in [1.29, 1.82) is 0 Å². The molecule has 5 nitrogen and oxygen atoms in total. The Bertz CT molecular complexity index is 914. The number of alkyl halides is 2. The van der Waals surface area contributed by atoms with Crippen LogP contribution >= 0.6 is 0 Å². The Hall–Kier alpha value is -3.29. The molecule has 0 heterocycles. The zero-order valence-corrected chi connectivity index (χ0v) is 17.5. The SMILES string of the molecule is O=C(CN(CCCO)C(c1ccccc1)c1ccccc1)Nc1ccc(OC(F)F)cc1. The van der Waals surface area contributed by atoms with Crippen molar-refractivity contribution in [2.45, 2.75) is 19.1 Å². The summed E-state index contributed by atoms with van der Waals surface area (Å²) in [5, 5.41) is 12.2. The molecule has 0 aliphatic rings. The minimum atomic E-state index is -2.90. The van der Waals surface area contributed by atoms with E-state index in [1.54, 1.807) is 0 Å². The molecule has 0 aliphatic carbocycles. The summed E-state index contributed by atoms with van der Waals surface area (Å²) in [4.78, 5) is 14.9. The second-order valence-electron chi connectivity index (χ2n) is 7.22. The lowest BCUT2D eigenvalue weighted by atomic mass is 9.96. The van der Waals surface area contributed by atoms with Crippen molar-refractivity contribution in [3.05, 3.63) is 96.1 Å². The Morgan fingerprint density at radius 2 is 1.47 bits per heavy atom. The average Bonchev–Trinajstić information content (AvgIpc) is 2.80. The Balaban J connectivity index is 1.78. The smallest absolute Gasteiger partial charge is 0.387 e. The summed E-state index contributed by atoms with van der Waals surface area (Å²) in [5.41, 5.74) is 2.56. The highest BCUT2D eigenvalue weighted by molar-refractivity contribution is 5.92. The number of benzene rings is 3. The number of nitrogens with zero attached hydrogens (tertiary/aromatic N) is 1. The van der Waals surface area contributed by atoms with E-state index in [0.29, 0.717) is 18.7 Å². The van der Waals surface area contributed by atoms with E-state index in [1.165, 1.54) is 24.3 Å². The lowest BCUT2D eigenvalue weighted by molar-refractivity contribution is -0.117. The third-order valence-corrected chi connectivity index (χ3v) is 4.91. The highest BCUT2D eigenvalue weighted by Gasteiger charge is 2.24. The molecule has 2 N–H and O–H groups in total. The van der Waals surface area contributed by atoms with Gasteiger partial charge in [0.1, 0.15) is 5.75 Å². The van der Waals surface area contributed by atoms with Crippen molar-refractivity contribution in [2.24, 2.45) is 0 Å². The van der Waals surface area contributed by atoms with E-state index in [1.807, 2.05) is 65.6 Å². The van der Waals surface area contributed by atoms with Crippen LogP contribution in [0.4, 0.5) is 14.5 Å². The second kappa shape index (κ2) is 11.9. The first-order chi connectivity index (χ1) is 15.6. The summed E-state index contributed by atoms with van der Waals surface area (Å²) in [5.74, 6) is -0.224. The number of nitrogens with one attached hydrogen (secondary N) is 1. The summed E-state index contributed by atoms with van der Waals surface area (Å²) in [7, 11) is 0. The van der Waals surface area contributed by atoms with E-state index in [-0.39, 0.29) is 30.9 Å². The van der Waals surface area contributed by atoms with Gasteiger partial charge in [0.25, 0.3) is 0 Å². The predicted octanol–water partition coefficient (Wildman–Crippen LogP) is 4.70. The van der Waals surface area contributed by atoms with Crippen molar-refractivity contribution in [3.63, 3.8) is 0 Å². The Labute approximate surface area is 186 Å². The molecule has 1 amide bonds. The molecule has 168 valence electrons. The maximum atomic E-state index is 12.8. The number of carbonyl (C=O) groups excluding carboxylic acids is 1. The monoisotopic (exact) mass is 440 g/mol. The molecule has 0 bridgehead atoms. The standard InChI is InChI=1S/C25H26F2N2O3/c26-25(27)32-22-14-12-21(13-15-22)28-23(31)18-29(16-7-17-30)24(19-8-3-1-4-9-19)20-10-5-2-6-11-20/h1-6,8-15,24-25,30H,7,16-18H2,(H,28,31). The molecular weight excluding hydrogens is 414 g/mol. The molecule has 0 aliphatic heterocycles. The lowest BCUT2D eigenvalue weighted by Gasteiger charge is -2.32. The molecule has 3 rings (SSSR count). The number of anilines is 1. The molecule has 0 radical (unpaired) electrons. The third kappa shape index (κ3) is 6.87. The van der Waals surface area contributed by atoms with Crippen LogP contribution in [0.3, 0.4) is 0 Å². The summed E-state index contributed by atoms with van der Waals surface area (Å²) >= 11 is 0. The van der Waals surface area contributed by atoms with Gasteiger partial charge in [-0.1, -0.05) is 60.7 Å². The molecule has 0 spiro atoms. The summed E-state index contributed by atoms with van der Waals surface area (Å²) in [6.45, 7) is -2.29. The molecular formula is C25H26F2N2O3. The van der Waals surface area contributed by atoms with Crippen molar-refractivity contribution >= 4 is 11.6 Å². The van der Waals surface area contributed by atoms with E-state index in [2.05, 4.69) is 10.1 Å². The van der Waals surface area contributed by atoms with E-state index in [0.717, 1.165) is 11.1 Å². The molecule has 0 atom stereocenters. The molecule has 0 saturated carbocycles. The van der Waals surface area contributed by atoms with Gasteiger partial charge in [-0.05, 0) is 41.8 Å². The van der Waals surface area contributed by atoms with E-state index < -0.39 is 6.61 Å². The van der Waals surface area contributed by atoms with Gasteiger partial charge in [0.05, 0.1) is 12.6 Å². The quantitative estimate of drug-likeness (QED) is 0.454. The minimum absolute atomic E-state index is 0.0139. The third-order valence-electron chi connectivity index (χ3n) is 4.91. The van der Waals surface area contributed by atoms with Crippen LogP contribution in [0.5, 0.6) is 5.75 Å². The van der Waals surface area contributed by atoms with Crippen molar-refractivity contribution in [1.82, 2.24) is 4.90 Å². The molecule has 3 aromatic rings. The average molecular weight is 440 g/mol. The molecule has 3 aromatic carbocycles. The van der Waals surface area contributed by atoms with Crippen molar-refractivity contribution < 1.29 is 23.4 Å². The first-order valence-corrected chi connectivity index (χ1v) is 10.4. The molecule has 0 fully saturated rings. The maximum absolute atomic E-state index is 12.8. The molecule has 0 saturated heterocycles. The topological polar surface area (TPSA) is 61.8 Å². The van der Waals surface area contributed by atoms with E-state index in [9.17, 15) is 18.7 Å². The highest BCUT2D eigenvalue weighted by atomic mass is 19.3. The van der Waals surface area contributed by atoms with Crippen LogP contribution in [-0.2, 0) is 4.79 Å². The summed E-state index contributed by atoms with van der Waals surface area (Å²) in [6.07, 6.45) is 0.517. The van der Waals surface area contributed by atoms with Crippen LogP contribution in [0.1, 0.15) is 23.6 Å². The number of rotatable bonds is 11. The predicted molar refractivity (Wildman–Crippen MR) is 120 cm³/mol. The minimum Gasteiger partial charge on any atom is -0.435 e. The zero-order chi connectivity index (χ0) is 22.8. The number of aliphatic hydroxyl groups is 1. The van der Waals surface area contributed by atoms with Gasteiger partial charge in [-0.3, -0.25) is 9.69 Å². The molecule has 7 heteroatoms. The van der Waals surface area contributed by atoms with Crippen LogP contribution in [0.25, 0.3) is 0 Å². The largest absolute Gasteiger partial charge is 0.435 e. The number of aliphatic hydroxyl groups excluding tert-OH is 1. The number of carbonyl (C=O) groups is 1. The van der Waals surface area contributed by atoms with Gasteiger partial charge in [0.15, 0.2) is 0 Å². The summed E-state index contributed by atoms with van der Waals surface area (Å²) < 4.78 is 29.0. The highest BCUT2D eigenvalue weighted by Crippen LogP contribution is 2.29. The van der Waals surface area contributed by atoms with Crippen LogP contribution in [0.15, 0.2) is 84.9 Å². The molecule has 0 unspecified atom stereocenters. The maximum Gasteiger partial charge on any atom is 0.387 e. The van der Waals surface area contributed by atoms with Gasteiger partial charge < -0.3 is 15.2 Å². The van der Waals surface area contributed by atoms with Gasteiger partial charge in [0.2, 0.25) is 5.91 Å². The Morgan fingerprint density at radius 1 is 0.906 bits per heavy atom. The van der Waals surface area contributed by atoms with Crippen molar-refractivity contribution in [2.75, 3.05) is 25.0 Å². The number of amides is 1. The fraction of sp³-hybridized carbons (Fsp3) is 0.240. The first kappa shape index (κ1) is 23.4. The van der Waals surface area contributed by atoms with Gasteiger partial charge in [-0.2, -0.15) is 8.78 Å². The zero-order valence-electron chi connectivity index (χ0n) is 17.5. The van der Waals surface area contributed by atoms with E-state index in [4.69, 9.17) is 0 Å². The fourth-order valence-corrected chi connectivity index (χ4v) is 3.56. The Morgan fingerprint density at radius 3 is 1.97 bits per heavy atom. The fourth-order valence-electron chi connectivity index (χ4n) is 3.56. The summed E-state index contributed by atoms with van der Waals surface area (Å²) in [6, 6.07) is 25.4. The van der Waals surface area contributed by atoms with Gasteiger partial charge in [0, 0.05) is 18.8 Å². The first-order valence-electron chi connectivity index (χ1n) is 10.4. The molecule has 0 aromatic heterocycles. The van der Waals surface area contributed by atoms with E-state index >= 15 is 0 Å².